The zero-order valence-electron chi connectivity index (χ0n) is 7.70. The van der Waals surface area contributed by atoms with Crippen LogP contribution in [0.15, 0.2) is 28.7 Å². The molecule has 3 heteroatoms. The number of nitrogens with two attached hydrogens (primary N) is 1. The standard InChI is InChI=1S/C10H14BrNO/c1-8(13)6-12-7-9-2-4-10(11)5-3-9/h2-5,8,12-13H,6-7H2,1H3/p+1/t8-/m0/s1. The molecule has 1 aromatic carbocycles. The Labute approximate surface area is 87.1 Å². The number of halogens is 1. The Morgan fingerprint density at radius 2 is 2.00 bits per heavy atom. The highest BCUT2D eigenvalue weighted by molar-refractivity contribution is 9.10. The van der Waals surface area contributed by atoms with E-state index < -0.39 is 0 Å². The molecule has 0 aromatic heterocycles. The van der Waals surface area contributed by atoms with Gasteiger partial charge in [0.2, 0.25) is 0 Å². The number of quaternary nitrogens is 1. The Bertz CT molecular complexity index is 246. The van der Waals surface area contributed by atoms with E-state index in [0.29, 0.717) is 0 Å². The van der Waals surface area contributed by atoms with Crippen molar-refractivity contribution in [1.82, 2.24) is 0 Å². The Morgan fingerprint density at radius 3 is 2.54 bits per heavy atom. The SMILES string of the molecule is C[C@H](O)C[NH2+]Cc1ccc(Br)cc1. The van der Waals surface area contributed by atoms with Crippen molar-refractivity contribution >= 4 is 15.9 Å². The Balaban J connectivity index is 2.33. The summed E-state index contributed by atoms with van der Waals surface area (Å²) in [6, 6.07) is 8.24. The molecule has 2 nitrogen and oxygen atoms in total. The molecule has 1 aromatic rings. The summed E-state index contributed by atoms with van der Waals surface area (Å²) in [5.41, 5.74) is 1.28. The van der Waals surface area contributed by atoms with Gasteiger partial charge in [0.05, 0.1) is 6.10 Å². The molecule has 13 heavy (non-hydrogen) atoms. The lowest BCUT2D eigenvalue weighted by atomic mass is 10.2. The van der Waals surface area contributed by atoms with Crippen LogP contribution in [0.3, 0.4) is 0 Å². The molecule has 0 fully saturated rings. The van der Waals surface area contributed by atoms with Crippen molar-refractivity contribution in [2.75, 3.05) is 6.54 Å². The van der Waals surface area contributed by atoms with Gasteiger partial charge in [-0.2, -0.15) is 0 Å². The zero-order chi connectivity index (χ0) is 9.68. The van der Waals surface area contributed by atoms with Crippen LogP contribution in [0, 0.1) is 0 Å². The highest BCUT2D eigenvalue weighted by atomic mass is 79.9. The number of rotatable bonds is 4. The van der Waals surface area contributed by atoms with Crippen molar-refractivity contribution in [3.05, 3.63) is 34.3 Å². The van der Waals surface area contributed by atoms with Crippen LogP contribution < -0.4 is 5.32 Å². The zero-order valence-corrected chi connectivity index (χ0v) is 9.29. The normalized spacial score (nSPS) is 12.8. The molecule has 0 amide bonds. The third-order valence-electron chi connectivity index (χ3n) is 1.80. The number of aliphatic hydroxyl groups is 1. The lowest BCUT2D eigenvalue weighted by molar-refractivity contribution is -0.676. The molecule has 0 aliphatic carbocycles. The molecule has 1 atom stereocenters. The third kappa shape index (κ3) is 4.41. The summed E-state index contributed by atoms with van der Waals surface area (Å²) in [5, 5.41) is 11.1. The Morgan fingerprint density at radius 1 is 1.38 bits per heavy atom. The van der Waals surface area contributed by atoms with Crippen LogP contribution in [-0.2, 0) is 6.54 Å². The van der Waals surface area contributed by atoms with Crippen molar-refractivity contribution < 1.29 is 10.4 Å². The van der Waals surface area contributed by atoms with Crippen LogP contribution in [0.4, 0.5) is 0 Å². The van der Waals surface area contributed by atoms with Gasteiger partial charge in [-0.25, -0.2) is 0 Å². The Hall–Kier alpha value is -0.380. The molecule has 0 radical (unpaired) electrons. The van der Waals surface area contributed by atoms with Crippen LogP contribution in [-0.4, -0.2) is 17.8 Å². The second kappa shape index (κ2) is 5.37. The van der Waals surface area contributed by atoms with E-state index in [1.165, 1.54) is 5.56 Å². The second-order valence-electron chi connectivity index (χ2n) is 3.20. The first-order valence-corrected chi connectivity index (χ1v) is 5.22. The lowest BCUT2D eigenvalue weighted by Gasteiger charge is -2.03. The Kier molecular flexibility index (Phi) is 4.42. The van der Waals surface area contributed by atoms with Gasteiger partial charge in [0.15, 0.2) is 0 Å². The number of hydrogen-bond donors (Lipinski definition) is 2. The fraction of sp³-hybridized carbons (Fsp3) is 0.400. The first-order chi connectivity index (χ1) is 6.18. The summed E-state index contributed by atoms with van der Waals surface area (Å²) in [4.78, 5) is 0. The summed E-state index contributed by atoms with van der Waals surface area (Å²) in [6.45, 7) is 3.49. The van der Waals surface area contributed by atoms with E-state index in [0.717, 1.165) is 17.6 Å². The van der Waals surface area contributed by atoms with Crippen molar-refractivity contribution in [2.24, 2.45) is 0 Å². The van der Waals surface area contributed by atoms with Crippen molar-refractivity contribution in [2.45, 2.75) is 19.6 Å². The minimum Gasteiger partial charge on any atom is -0.388 e. The molecule has 0 saturated heterocycles. The van der Waals surface area contributed by atoms with E-state index in [2.05, 4.69) is 33.4 Å². The van der Waals surface area contributed by atoms with Crippen LogP contribution >= 0.6 is 15.9 Å². The average Bonchev–Trinajstić information content (AvgIpc) is 2.08. The van der Waals surface area contributed by atoms with Gasteiger partial charge in [0, 0.05) is 10.0 Å². The van der Waals surface area contributed by atoms with E-state index in [9.17, 15) is 0 Å². The molecular weight excluding hydrogens is 230 g/mol. The fourth-order valence-electron chi connectivity index (χ4n) is 1.11. The van der Waals surface area contributed by atoms with Crippen molar-refractivity contribution in [3.8, 4) is 0 Å². The van der Waals surface area contributed by atoms with Gasteiger partial charge in [-0.05, 0) is 19.1 Å². The molecule has 3 N–H and O–H groups in total. The smallest absolute Gasteiger partial charge is 0.102 e. The van der Waals surface area contributed by atoms with Crippen molar-refractivity contribution in [3.63, 3.8) is 0 Å². The predicted molar refractivity (Wildman–Crippen MR) is 56.3 cm³/mol. The summed E-state index contributed by atoms with van der Waals surface area (Å²) in [5.74, 6) is 0. The van der Waals surface area contributed by atoms with Gasteiger partial charge in [-0.3, -0.25) is 0 Å². The van der Waals surface area contributed by atoms with E-state index in [-0.39, 0.29) is 6.10 Å². The number of hydrogen-bond acceptors (Lipinski definition) is 1. The van der Waals surface area contributed by atoms with Gasteiger partial charge >= 0.3 is 0 Å². The maximum atomic E-state index is 9.04. The molecular formula is C10H15BrNO+. The van der Waals surface area contributed by atoms with Crippen LogP contribution in [0.2, 0.25) is 0 Å². The first kappa shape index (κ1) is 10.7. The highest BCUT2D eigenvalue weighted by Crippen LogP contribution is 2.09. The largest absolute Gasteiger partial charge is 0.388 e. The summed E-state index contributed by atoms with van der Waals surface area (Å²) < 4.78 is 1.10. The molecule has 0 saturated carbocycles. The summed E-state index contributed by atoms with van der Waals surface area (Å²) >= 11 is 3.39. The molecule has 0 aliphatic rings. The van der Waals surface area contributed by atoms with Gasteiger partial charge in [0.1, 0.15) is 13.1 Å². The molecule has 0 unspecified atom stereocenters. The fourth-order valence-corrected chi connectivity index (χ4v) is 1.38. The molecule has 0 spiro atoms. The van der Waals surface area contributed by atoms with E-state index in [1.807, 2.05) is 12.1 Å². The summed E-state index contributed by atoms with van der Waals surface area (Å²) in [7, 11) is 0. The van der Waals surface area contributed by atoms with Crippen LogP contribution in [0.5, 0.6) is 0 Å². The van der Waals surface area contributed by atoms with Gasteiger partial charge in [0.25, 0.3) is 0 Å². The van der Waals surface area contributed by atoms with Crippen molar-refractivity contribution in [1.29, 1.82) is 0 Å². The highest BCUT2D eigenvalue weighted by Gasteiger charge is 1.98. The van der Waals surface area contributed by atoms with Gasteiger partial charge in [-0.15, -0.1) is 0 Å². The van der Waals surface area contributed by atoms with Crippen LogP contribution in [0.1, 0.15) is 12.5 Å². The van der Waals surface area contributed by atoms with E-state index in [4.69, 9.17) is 5.11 Å². The molecule has 0 bridgehead atoms. The predicted octanol–water partition coefficient (Wildman–Crippen LogP) is 0.893. The first-order valence-electron chi connectivity index (χ1n) is 4.42. The quantitative estimate of drug-likeness (QED) is 0.812. The third-order valence-corrected chi connectivity index (χ3v) is 2.33. The molecule has 1 rings (SSSR count). The molecule has 0 aliphatic heterocycles. The maximum absolute atomic E-state index is 9.04. The lowest BCUT2D eigenvalue weighted by Crippen LogP contribution is -2.84. The minimum absolute atomic E-state index is 0.226. The average molecular weight is 245 g/mol. The topological polar surface area (TPSA) is 36.8 Å². The van der Waals surface area contributed by atoms with Crippen LogP contribution in [0.25, 0.3) is 0 Å². The number of aliphatic hydroxyl groups excluding tert-OH is 1. The monoisotopic (exact) mass is 244 g/mol. The maximum Gasteiger partial charge on any atom is 0.102 e. The molecule has 72 valence electrons. The van der Waals surface area contributed by atoms with Gasteiger partial charge < -0.3 is 10.4 Å². The number of benzene rings is 1. The minimum atomic E-state index is -0.226. The van der Waals surface area contributed by atoms with Gasteiger partial charge in [-0.1, -0.05) is 28.1 Å². The summed E-state index contributed by atoms with van der Waals surface area (Å²) in [6.07, 6.45) is -0.226. The van der Waals surface area contributed by atoms with E-state index >= 15 is 0 Å². The molecule has 0 heterocycles. The van der Waals surface area contributed by atoms with E-state index in [1.54, 1.807) is 6.92 Å². The second-order valence-corrected chi connectivity index (χ2v) is 4.12.